The van der Waals surface area contributed by atoms with E-state index in [4.69, 9.17) is 5.73 Å². The number of nitrogens with zero attached hydrogens (tertiary/aromatic N) is 6. The highest BCUT2D eigenvalue weighted by Gasteiger charge is 2.16. The minimum atomic E-state index is -0.615. The maximum Gasteiger partial charge on any atom is 0.268 e. The van der Waals surface area contributed by atoms with E-state index in [9.17, 15) is 4.79 Å². The monoisotopic (exact) mass is 354 g/mol. The molecule has 3 N–H and O–H groups in total. The van der Waals surface area contributed by atoms with Crippen LogP contribution in [-0.2, 0) is 7.05 Å². The third-order valence-electron chi connectivity index (χ3n) is 3.61. The van der Waals surface area contributed by atoms with E-state index in [1.807, 2.05) is 26.2 Å². The van der Waals surface area contributed by atoms with Gasteiger partial charge in [0.05, 0.1) is 23.8 Å². The fourth-order valence-electron chi connectivity index (χ4n) is 2.50. The number of aromatic nitrogens is 6. The van der Waals surface area contributed by atoms with Crippen LogP contribution in [0.15, 0.2) is 30.9 Å². The van der Waals surface area contributed by atoms with Gasteiger partial charge in [-0.15, -0.1) is 0 Å². The minimum absolute atomic E-state index is 0.138. The molecule has 0 aliphatic carbocycles. The molecule has 10 heteroatoms. The molecule has 0 aliphatic heterocycles. The number of carbonyl (C=O) groups is 1. The van der Waals surface area contributed by atoms with E-state index in [1.165, 1.54) is 11.5 Å². The fraction of sp³-hybridized carbons (Fsp3) is 0.133. The number of hydrogen-bond acceptors (Lipinski definition) is 7. The molecule has 0 saturated heterocycles. The molecule has 126 valence electrons. The van der Waals surface area contributed by atoms with Crippen LogP contribution in [0.4, 0.5) is 10.8 Å². The molecule has 0 aliphatic rings. The molecule has 0 aromatic carbocycles. The molecule has 4 rings (SSSR count). The molecule has 25 heavy (non-hydrogen) atoms. The maximum absolute atomic E-state index is 11.7. The number of primary amides is 1. The van der Waals surface area contributed by atoms with Crippen LogP contribution in [-0.4, -0.2) is 34.4 Å². The first-order chi connectivity index (χ1) is 12.0. The number of imidazole rings is 1. The van der Waals surface area contributed by atoms with Crippen LogP contribution in [0, 0.1) is 6.92 Å². The lowest BCUT2D eigenvalue weighted by atomic mass is 10.3. The van der Waals surface area contributed by atoms with E-state index in [1.54, 1.807) is 27.7 Å². The summed E-state index contributed by atoms with van der Waals surface area (Å²) in [5.41, 5.74) is 8.72. The topological polar surface area (TPSA) is 116 Å². The second kappa shape index (κ2) is 5.67. The molecular formula is C15H14N8OS. The number of nitrogens with two attached hydrogens (primary N) is 1. The summed E-state index contributed by atoms with van der Waals surface area (Å²) in [4.78, 5) is 20.4. The second-order valence-corrected chi connectivity index (χ2v) is 6.34. The van der Waals surface area contributed by atoms with Gasteiger partial charge >= 0.3 is 0 Å². The SMILES string of the molecule is Cc1cc(Nc2nc(C(N)=O)cn3c(-c4cnn(C)c4)cnc23)sn1. The van der Waals surface area contributed by atoms with Crippen LogP contribution in [0.2, 0.25) is 0 Å². The first kappa shape index (κ1) is 15.3. The van der Waals surface area contributed by atoms with Crippen molar-refractivity contribution in [3.8, 4) is 11.3 Å². The van der Waals surface area contributed by atoms with Gasteiger partial charge in [0.25, 0.3) is 5.91 Å². The molecule has 0 bridgehead atoms. The largest absolute Gasteiger partial charge is 0.364 e. The van der Waals surface area contributed by atoms with E-state index in [2.05, 4.69) is 24.8 Å². The summed E-state index contributed by atoms with van der Waals surface area (Å²) in [5.74, 6) is -0.175. The van der Waals surface area contributed by atoms with Crippen molar-refractivity contribution in [3.63, 3.8) is 0 Å². The van der Waals surface area contributed by atoms with Crippen molar-refractivity contribution < 1.29 is 4.79 Å². The van der Waals surface area contributed by atoms with Crippen LogP contribution in [0.25, 0.3) is 16.9 Å². The third-order valence-corrected chi connectivity index (χ3v) is 4.41. The Bertz CT molecular complexity index is 1090. The van der Waals surface area contributed by atoms with Gasteiger partial charge in [0, 0.05) is 25.0 Å². The highest BCUT2D eigenvalue weighted by Crippen LogP contribution is 2.27. The molecular weight excluding hydrogens is 340 g/mol. The van der Waals surface area contributed by atoms with Crippen molar-refractivity contribution in [2.75, 3.05) is 5.32 Å². The molecule has 0 spiro atoms. The number of amides is 1. The van der Waals surface area contributed by atoms with Gasteiger partial charge in [-0.25, -0.2) is 9.97 Å². The van der Waals surface area contributed by atoms with Gasteiger partial charge in [0.15, 0.2) is 11.5 Å². The summed E-state index contributed by atoms with van der Waals surface area (Å²) in [7, 11) is 1.84. The van der Waals surface area contributed by atoms with Crippen LogP contribution >= 0.6 is 11.5 Å². The summed E-state index contributed by atoms with van der Waals surface area (Å²) >= 11 is 1.31. The number of nitrogens with one attached hydrogen (secondary N) is 1. The van der Waals surface area contributed by atoms with Crippen molar-refractivity contribution in [3.05, 3.63) is 42.2 Å². The number of fused-ring (bicyclic) bond motifs is 1. The van der Waals surface area contributed by atoms with Crippen molar-refractivity contribution in [1.82, 2.24) is 28.5 Å². The summed E-state index contributed by atoms with van der Waals surface area (Å²) in [6.07, 6.45) is 6.89. The van der Waals surface area contributed by atoms with E-state index < -0.39 is 5.91 Å². The smallest absolute Gasteiger partial charge is 0.268 e. The van der Waals surface area contributed by atoms with Gasteiger partial charge in [-0.1, -0.05) is 0 Å². The van der Waals surface area contributed by atoms with Crippen LogP contribution in [0.5, 0.6) is 0 Å². The van der Waals surface area contributed by atoms with Crippen molar-refractivity contribution >= 4 is 33.9 Å². The van der Waals surface area contributed by atoms with Gasteiger partial charge in [0.1, 0.15) is 10.7 Å². The Morgan fingerprint density at radius 1 is 1.32 bits per heavy atom. The average Bonchev–Trinajstić information content (AvgIpc) is 3.27. The lowest BCUT2D eigenvalue weighted by Crippen LogP contribution is -2.15. The third kappa shape index (κ3) is 2.72. The molecule has 1 amide bonds. The lowest BCUT2D eigenvalue weighted by Gasteiger charge is -2.07. The number of carbonyl (C=O) groups excluding carboxylic acids is 1. The average molecular weight is 354 g/mol. The van der Waals surface area contributed by atoms with Crippen LogP contribution in [0.3, 0.4) is 0 Å². The zero-order valence-corrected chi connectivity index (χ0v) is 14.3. The summed E-state index contributed by atoms with van der Waals surface area (Å²) in [5, 5.41) is 8.15. The Balaban J connectivity index is 1.89. The molecule has 9 nitrogen and oxygen atoms in total. The zero-order chi connectivity index (χ0) is 17.6. The number of rotatable bonds is 4. The molecule has 0 fully saturated rings. The standard InChI is InChI=1S/C15H14N8OS/c1-8-3-12(25-21-8)20-14-15-17-5-11(9-4-18-22(2)6-9)23(15)7-10(19-14)13(16)24/h3-7H,1-2H3,(H2,16,24)(H,19,20). The van der Waals surface area contributed by atoms with E-state index in [0.717, 1.165) is 22.0 Å². The Morgan fingerprint density at radius 3 is 2.80 bits per heavy atom. The first-order valence-electron chi connectivity index (χ1n) is 7.38. The van der Waals surface area contributed by atoms with E-state index in [0.29, 0.717) is 11.5 Å². The molecule has 0 unspecified atom stereocenters. The van der Waals surface area contributed by atoms with Gasteiger partial charge in [-0.05, 0) is 24.5 Å². The Kier molecular flexibility index (Phi) is 3.46. The molecule has 0 atom stereocenters. The fourth-order valence-corrected chi connectivity index (χ4v) is 3.16. The van der Waals surface area contributed by atoms with E-state index >= 15 is 0 Å². The number of aryl methyl sites for hydroxylation is 2. The highest BCUT2D eigenvalue weighted by atomic mass is 32.1. The van der Waals surface area contributed by atoms with Crippen molar-refractivity contribution in [2.24, 2.45) is 12.8 Å². The van der Waals surface area contributed by atoms with Crippen LogP contribution in [0.1, 0.15) is 16.2 Å². The first-order valence-corrected chi connectivity index (χ1v) is 8.16. The number of hydrogen-bond donors (Lipinski definition) is 2. The van der Waals surface area contributed by atoms with Crippen molar-refractivity contribution in [2.45, 2.75) is 6.92 Å². The Hall–Kier alpha value is -3.27. The van der Waals surface area contributed by atoms with Gasteiger partial charge in [-0.3, -0.25) is 13.9 Å². The van der Waals surface area contributed by atoms with Crippen molar-refractivity contribution in [1.29, 1.82) is 0 Å². The Morgan fingerprint density at radius 2 is 2.16 bits per heavy atom. The summed E-state index contributed by atoms with van der Waals surface area (Å²) in [6.45, 7) is 1.90. The lowest BCUT2D eigenvalue weighted by molar-refractivity contribution is 0.0995. The van der Waals surface area contributed by atoms with Gasteiger partial charge in [0.2, 0.25) is 0 Å². The quantitative estimate of drug-likeness (QED) is 0.577. The predicted molar refractivity (Wildman–Crippen MR) is 93.8 cm³/mol. The molecule has 4 heterocycles. The molecule has 4 aromatic rings. The van der Waals surface area contributed by atoms with Gasteiger partial charge in [-0.2, -0.15) is 9.47 Å². The number of anilines is 2. The van der Waals surface area contributed by atoms with E-state index in [-0.39, 0.29) is 5.69 Å². The zero-order valence-electron chi connectivity index (χ0n) is 13.5. The molecule has 0 radical (unpaired) electrons. The minimum Gasteiger partial charge on any atom is -0.364 e. The van der Waals surface area contributed by atoms with Crippen LogP contribution < -0.4 is 11.1 Å². The van der Waals surface area contributed by atoms with Gasteiger partial charge < -0.3 is 11.1 Å². The predicted octanol–water partition coefficient (Wildman–Crippen LogP) is 1.74. The summed E-state index contributed by atoms with van der Waals surface area (Å²) < 4.78 is 7.70. The normalized spacial score (nSPS) is 11.1. The highest BCUT2D eigenvalue weighted by molar-refractivity contribution is 7.10. The maximum atomic E-state index is 11.7. The Labute approximate surface area is 146 Å². The summed E-state index contributed by atoms with van der Waals surface area (Å²) in [6, 6.07) is 1.89. The second-order valence-electron chi connectivity index (χ2n) is 5.54. The molecule has 4 aromatic heterocycles. The molecule has 0 saturated carbocycles.